The molecule has 0 fully saturated rings. The lowest BCUT2D eigenvalue weighted by molar-refractivity contribution is -0.103. The fraction of sp³-hybridized carbons (Fsp3) is 0. The van der Waals surface area contributed by atoms with Crippen LogP contribution in [0.25, 0.3) is 10.9 Å². The van der Waals surface area contributed by atoms with Crippen molar-refractivity contribution in [1.29, 1.82) is 0 Å². The van der Waals surface area contributed by atoms with Gasteiger partial charge in [0.05, 0.1) is 5.52 Å². The van der Waals surface area contributed by atoms with Gasteiger partial charge in [0.1, 0.15) is 0 Å². The van der Waals surface area contributed by atoms with Crippen LogP contribution in [0.3, 0.4) is 0 Å². The van der Waals surface area contributed by atoms with Gasteiger partial charge in [-0.05, 0) is 24.1 Å². The Balaban J connectivity index is 2.67. The third-order valence-corrected chi connectivity index (χ3v) is 2.03. The molecule has 2 aromatic rings. The molecule has 72 valence electrons. The summed E-state index contributed by atoms with van der Waals surface area (Å²) in [6.07, 6.45) is 2.12. The van der Waals surface area contributed by atoms with Crippen LogP contribution in [0.15, 0.2) is 35.3 Å². The summed E-state index contributed by atoms with van der Waals surface area (Å²) < 4.78 is 0. The zero-order valence-electron chi connectivity index (χ0n) is 7.78. The molecule has 1 heterocycles. The van der Waals surface area contributed by atoms with Crippen molar-refractivity contribution >= 4 is 17.2 Å². The van der Waals surface area contributed by atoms with Gasteiger partial charge in [-0.1, -0.05) is 5.92 Å². The van der Waals surface area contributed by atoms with Gasteiger partial charge in [0.15, 0.2) is 11.7 Å². The third kappa shape index (κ3) is 1.79. The molecule has 0 aliphatic rings. The minimum Gasteiger partial charge on any atom is -0.361 e. The van der Waals surface area contributed by atoms with Crippen molar-refractivity contribution in [2.24, 2.45) is 0 Å². The van der Waals surface area contributed by atoms with Crippen LogP contribution in [0, 0.1) is 11.8 Å². The first-order valence-corrected chi connectivity index (χ1v) is 4.38. The molecule has 0 aliphatic heterocycles. The summed E-state index contributed by atoms with van der Waals surface area (Å²) in [6, 6.07) is 6.63. The first kappa shape index (κ1) is 9.22. The quantitative estimate of drug-likeness (QED) is 0.507. The van der Waals surface area contributed by atoms with Gasteiger partial charge in [-0.3, -0.25) is 9.59 Å². The first-order chi connectivity index (χ1) is 7.31. The largest absolute Gasteiger partial charge is 0.361 e. The molecule has 0 bridgehead atoms. The molecule has 0 spiro atoms. The minimum atomic E-state index is -0.0290. The highest BCUT2D eigenvalue weighted by atomic mass is 16.1. The number of aromatic nitrogens is 1. The normalized spacial score (nSPS) is 9.33. The Morgan fingerprint density at radius 1 is 1.27 bits per heavy atom. The second kappa shape index (κ2) is 3.81. The molecule has 0 aliphatic carbocycles. The number of nitrogens with one attached hydrogen (secondary N) is 1. The third-order valence-electron chi connectivity index (χ3n) is 2.03. The predicted octanol–water partition coefficient (Wildman–Crippen LogP) is 1.08. The van der Waals surface area contributed by atoms with E-state index in [0.717, 1.165) is 5.52 Å². The topological polar surface area (TPSA) is 49.9 Å². The molecule has 3 nitrogen and oxygen atoms in total. The summed E-state index contributed by atoms with van der Waals surface area (Å²) in [7, 11) is 0. The molecule has 1 aromatic heterocycles. The minimum absolute atomic E-state index is 0.0290. The molecule has 0 saturated carbocycles. The molecule has 0 saturated heterocycles. The maximum atomic E-state index is 11.4. The van der Waals surface area contributed by atoms with Crippen LogP contribution in [0.4, 0.5) is 0 Å². The van der Waals surface area contributed by atoms with Crippen LogP contribution in [-0.4, -0.2) is 11.3 Å². The Bertz CT molecular complexity index is 629. The summed E-state index contributed by atoms with van der Waals surface area (Å²) in [5, 5.41) is 0.620. The van der Waals surface area contributed by atoms with Crippen molar-refractivity contribution in [3.05, 3.63) is 46.2 Å². The van der Waals surface area contributed by atoms with Gasteiger partial charge in [0.2, 0.25) is 0 Å². The van der Waals surface area contributed by atoms with Gasteiger partial charge in [0.25, 0.3) is 0 Å². The Hall–Kier alpha value is -2.34. The van der Waals surface area contributed by atoms with E-state index >= 15 is 0 Å². The summed E-state index contributed by atoms with van der Waals surface area (Å²) in [5.74, 6) is 4.99. The van der Waals surface area contributed by atoms with Crippen molar-refractivity contribution in [1.82, 2.24) is 4.98 Å². The number of hydrogen-bond donors (Lipinski definition) is 1. The van der Waals surface area contributed by atoms with Gasteiger partial charge in [-0.2, -0.15) is 0 Å². The molecule has 0 atom stereocenters. The van der Waals surface area contributed by atoms with Crippen molar-refractivity contribution in [2.75, 3.05) is 0 Å². The molecular formula is C12H7NO2. The van der Waals surface area contributed by atoms with Crippen molar-refractivity contribution in [3.8, 4) is 11.8 Å². The maximum absolute atomic E-state index is 11.4. The molecule has 0 unspecified atom stereocenters. The molecule has 0 amide bonds. The second-order valence-electron chi connectivity index (χ2n) is 2.99. The van der Waals surface area contributed by atoms with E-state index in [1.165, 1.54) is 6.07 Å². The number of pyridine rings is 1. The van der Waals surface area contributed by atoms with Gasteiger partial charge in [-0.15, -0.1) is 0 Å². The molecule has 1 N–H and O–H groups in total. The number of fused-ring (bicyclic) bond motifs is 1. The molecule has 1 aromatic carbocycles. The van der Waals surface area contributed by atoms with E-state index < -0.39 is 0 Å². The van der Waals surface area contributed by atoms with Crippen LogP contribution in [0.2, 0.25) is 0 Å². The number of H-pyrrole nitrogens is 1. The standard InChI is InChI=1S/C12H7NO2/c14-7-1-2-9-3-4-10-11(8-9)13-6-5-12(10)15/h3-8H,(H,13,15). The lowest BCUT2D eigenvalue weighted by Crippen LogP contribution is -1.99. The highest BCUT2D eigenvalue weighted by Crippen LogP contribution is 2.08. The summed E-state index contributed by atoms with van der Waals surface area (Å²) in [6.45, 7) is 0. The highest BCUT2D eigenvalue weighted by molar-refractivity contribution is 5.80. The van der Waals surface area contributed by atoms with Gasteiger partial charge >= 0.3 is 0 Å². The SMILES string of the molecule is O=CC#Cc1ccc2c(=O)cc[nH]c2c1. The van der Waals surface area contributed by atoms with E-state index in [9.17, 15) is 9.59 Å². The first-order valence-electron chi connectivity index (χ1n) is 4.38. The van der Waals surface area contributed by atoms with Crippen LogP contribution in [0.1, 0.15) is 5.56 Å². The van der Waals surface area contributed by atoms with Gasteiger partial charge in [0, 0.05) is 23.2 Å². The Morgan fingerprint density at radius 2 is 2.13 bits per heavy atom. The van der Waals surface area contributed by atoms with Crippen LogP contribution < -0.4 is 5.43 Å². The van der Waals surface area contributed by atoms with Crippen LogP contribution in [0.5, 0.6) is 0 Å². The summed E-state index contributed by atoms with van der Waals surface area (Å²) in [4.78, 5) is 24.4. The van der Waals surface area contributed by atoms with Gasteiger partial charge in [-0.25, -0.2) is 0 Å². The summed E-state index contributed by atoms with van der Waals surface area (Å²) >= 11 is 0. The number of benzene rings is 1. The van der Waals surface area contributed by atoms with Crippen molar-refractivity contribution in [2.45, 2.75) is 0 Å². The van der Waals surface area contributed by atoms with E-state index in [2.05, 4.69) is 16.8 Å². The van der Waals surface area contributed by atoms with Crippen molar-refractivity contribution in [3.63, 3.8) is 0 Å². The number of aldehydes is 1. The lowest BCUT2D eigenvalue weighted by Gasteiger charge is -1.96. The Morgan fingerprint density at radius 3 is 2.93 bits per heavy atom. The molecule has 0 radical (unpaired) electrons. The summed E-state index contributed by atoms with van der Waals surface area (Å²) in [5.41, 5.74) is 1.40. The fourth-order valence-electron chi connectivity index (χ4n) is 1.37. The van der Waals surface area contributed by atoms with E-state index in [1.807, 2.05) is 0 Å². The Kier molecular flexibility index (Phi) is 2.34. The van der Waals surface area contributed by atoms with E-state index in [1.54, 1.807) is 24.4 Å². The highest BCUT2D eigenvalue weighted by Gasteiger charge is 1.97. The molecular weight excluding hydrogens is 190 g/mol. The number of rotatable bonds is 0. The predicted molar refractivity (Wildman–Crippen MR) is 57.5 cm³/mol. The number of hydrogen-bond acceptors (Lipinski definition) is 2. The average Bonchev–Trinajstić information content (AvgIpc) is 2.26. The maximum Gasteiger partial charge on any atom is 0.193 e. The molecule has 2 rings (SSSR count). The van der Waals surface area contributed by atoms with Crippen molar-refractivity contribution < 1.29 is 4.79 Å². The lowest BCUT2D eigenvalue weighted by atomic mass is 10.1. The van der Waals surface area contributed by atoms with E-state index in [4.69, 9.17) is 0 Å². The zero-order chi connectivity index (χ0) is 10.7. The van der Waals surface area contributed by atoms with E-state index in [0.29, 0.717) is 17.2 Å². The zero-order valence-corrected chi connectivity index (χ0v) is 7.78. The van der Waals surface area contributed by atoms with Crippen LogP contribution in [-0.2, 0) is 4.79 Å². The van der Waals surface area contributed by atoms with E-state index in [-0.39, 0.29) is 5.43 Å². The number of carbonyl (C=O) groups is 1. The van der Waals surface area contributed by atoms with Crippen LogP contribution >= 0.6 is 0 Å². The number of aromatic amines is 1. The molecule has 3 heteroatoms. The second-order valence-corrected chi connectivity index (χ2v) is 2.99. The smallest absolute Gasteiger partial charge is 0.193 e. The number of carbonyl (C=O) groups excluding carboxylic acids is 1. The monoisotopic (exact) mass is 197 g/mol. The fourth-order valence-corrected chi connectivity index (χ4v) is 1.37. The average molecular weight is 197 g/mol. The Labute approximate surface area is 85.7 Å². The molecule has 15 heavy (non-hydrogen) atoms. The van der Waals surface area contributed by atoms with Gasteiger partial charge < -0.3 is 4.98 Å².